The zero-order valence-electron chi connectivity index (χ0n) is 23.9. The predicted molar refractivity (Wildman–Crippen MR) is 157 cm³/mol. The van der Waals surface area contributed by atoms with Gasteiger partial charge in [-0.15, -0.1) is 0 Å². The van der Waals surface area contributed by atoms with Crippen molar-refractivity contribution in [2.75, 3.05) is 13.2 Å². The molecule has 3 aromatic rings. The molecule has 0 aromatic heterocycles. The first-order chi connectivity index (χ1) is 19.4. The highest BCUT2D eigenvalue weighted by atomic mass is 32.2. The summed E-state index contributed by atoms with van der Waals surface area (Å²) < 4.78 is 76.6. The van der Waals surface area contributed by atoms with Gasteiger partial charge in [-0.25, -0.2) is 0 Å². The van der Waals surface area contributed by atoms with Gasteiger partial charge in [-0.2, -0.15) is 17.2 Å². The van der Waals surface area contributed by atoms with Crippen LogP contribution in [0.25, 0.3) is 0 Å². The summed E-state index contributed by atoms with van der Waals surface area (Å²) in [6.07, 6.45) is 1.84. The van der Waals surface area contributed by atoms with E-state index in [4.69, 9.17) is 18.8 Å². The first kappa shape index (κ1) is 33.0. The largest absolute Gasteiger partial charge is 0.483 e. The van der Waals surface area contributed by atoms with E-state index >= 15 is 0 Å². The van der Waals surface area contributed by atoms with Crippen LogP contribution in [0.15, 0.2) is 93.5 Å². The van der Waals surface area contributed by atoms with Crippen LogP contribution >= 0.6 is 0 Å². The second-order valence-corrected chi connectivity index (χ2v) is 13.3. The molecule has 224 valence electrons. The molecule has 10 heteroatoms. The van der Waals surface area contributed by atoms with Gasteiger partial charge in [-0.05, 0) is 87.4 Å². The molecular formula is C31H39F2O6S2+. The van der Waals surface area contributed by atoms with Crippen LogP contribution in [0.3, 0.4) is 0 Å². The number of hydrogen-bond donors (Lipinski definition) is 1. The molecule has 0 heterocycles. The van der Waals surface area contributed by atoms with Crippen LogP contribution < -0.4 is 4.74 Å². The summed E-state index contributed by atoms with van der Waals surface area (Å²) in [5, 5.41) is -4.45. The third-order valence-corrected chi connectivity index (χ3v) is 9.78. The van der Waals surface area contributed by atoms with E-state index in [0.717, 1.165) is 52.9 Å². The van der Waals surface area contributed by atoms with E-state index in [1.165, 1.54) is 12.1 Å². The van der Waals surface area contributed by atoms with E-state index in [1.54, 1.807) is 12.1 Å². The number of benzene rings is 3. The van der Waals surface area contributed by atoms with Gasteiger partial charge in [0.25, 0.3) is 0 Å². The molecule has 1 N–H and O–H groups in total. The maximum absolute atomic E-state index is 14.0. The smallest absolute Gasteiger partial charge is 0.405 e. The third-order valence-electron chi connectivity index (χ3n) is 6.53. The Hall–Kier alpha value is -2.50. The molecule has 0 radical (unpaired) electrons. The highest BCUT2D eigenvalue weighted by Crippen LogP contribution is 2.35. The lowest BCUT2D eigenvalue weighted by molar-refractivity contribution is -0.235. The van der Waals surface area contributed by atoms with E-state index in [0.29, 0.717) is 13.2 Å². The maximum Gasteiger partial charge on any atom is 0.405 e. The quantitative estimate of drug-likeness (QED) is 0.0771. The highest BCUT2D eigenvalue weighted by molar-refractivity contribution is 7.97. The molecule has 0 fully saturated rings. The normalized spacial score (nSPS) is 14.0. The Balaban J connectivity index is 1.91. The summed E-state index contributed by atoms with van der Waals surface area (Å²) in [7, 11) is -6.15. The van der Waals surface area contributed by atoms with Crippen LogP contribution in [0.5, 0.6) is 5.75 Å². The lowest BCUT2D eigenvalue weighted by Crippen LogP contribution is -2.42. The van der Waals surface area contributed by atoms with Crippen LogP contribution in [-0.4, -0.2) is 37.5 Å². The summed E-state index contributed by atoms with van der Waals surface area (Å²) in [5.41, 5.74) is 0.919. The first-order valence-electron chi connectivity index (χ1n) is 13.7. The van der Waals surface area contributed by atoms with Gasteiger partial charge in [0.1, 0.15) is 5.75 Å². The molecule has 0 bridgehead atoms. The van der Waals surface area contributed by atoms with Gasteiger partial charge in [0.15, 0.2) is 26.6 Å². The van der Waals surface area contributed by atoms with Crippen LogP contribution in [0, 0.1) is 0 Å². The van der Waals surface area contributed by atoms with E-state index in [9.17, 15) is 17.2 Å². The number of halogens is 2. The number of rotatable bonds is 16. The number of ether oxygens (including phenoxy) is 3. The van der Waals surface area contributed by atoms with Crippen molar-refractivity contribution in [3.8, 4) is 5.75 Å². The average molecular weight is 610 g/mol. The van der Waals surface area contributed by atoms with E-state index in [-0.39, 0.29) is 5.75 Å². The van der Waals surface area contributed by atoms with Gasteiger partial charge in [-0.1, -0.05) is 44.9 Å². The Bertz CT molecular complexity index is 1310. The molecule has 6 nitrogen and oxygen atoms in total. The Morgan fingerprint density at radius 2 is 1.27 bits per heavy atom. The molecule has 0 saturated heterocycles. The zero-order chi connectivity index (χ0) is 30.1. The van der Waals surface area contributed by atoms with Crippen molar-refractivity contribution in [1.29, 1.82) is 0 Å². The molecule has 3 rings (SSSR count). The molecule has 0 aliphatic carbocycles. The van der Waals surface area contributed by atoms with Crippen molar-refractivity contribution < 1.29 is 36.0 Å². The predicted octanol–water partition coefficient (Wildman–Crippen LogP) is 7.84. The molecule has 0 aliphatic heterocycles. The van der Waals surface area contributed by atoms with Crippen molar-refractivity contribution in [1.82, 2.24) is 0 Å². The van der Waals surface area contributed by atoms with Crippen molar-refractivity contribution >= 4 is 21.0 Å². The Morgan fingerprint density at radius 1 is 0.805 bits per heavy atom. The molecule has 2 unspecified atom stereocenters. The third kappa shape index (κ3) is 8.51. The van der Waals surface area contributed by atoms with Gasteiger partial charge < -0.3 is 14.2 Å². The number of unbranched alkanes of at least 4 members (excludes halogenated alkanes) is 2. The van der Waals surface area contributed by atoms with Crippen molar-refractivity contribution in [3.63, 3.8) is 0 Å². The lowest BCUT2D eigenvalue weighted by Gasteiger charge is -2.30. The van der Waals surface area contributed by atoms with E-state index < -0.39 is 38.2 Å². The number of alkyl halides is 2. The Labute approximate surface area is 245 Å². The van der Waals surface area contributed by atoms with Crippen LogP contribution in [0.4, 0.5) is 8.78 Å². The summed E-state index contributed by atoms with van der Waals surface area (Å²) in [4.78, 5) is 3.00. The SMILES string of the molecule is CCCCOC(C)(OCCCC)c1ccc([S+](c2ccccc2)c2ccc(OC(C)C(F)(F)S(=O)(=O)O)cc2)cc1. The molecule has 0 aliphatic rings. The second kappa shape index (κ2) is 14.6. The zero-order valence-corrected chi connectivity index (χ0v) is 25.5. The van der Waals surface area contributed by atoms with Gasteiger partial charge in [-0.3, -0.25) is 4.55 Å². The van der Waals surface area contributed by atoms with Gasteiger partial charge in [0.2, 0.25) is 0 Å². The van der Waals surface area contributed by atoms with Crippen LogP contribution in [-0.2, 0) is 36.3 Å². The van der Waals surface area contributed by atoms with Gasteiger partial charge >= 0.3 is 15.4 Å². The monoisotopic (exact) mass is 609 g/mol. The summed E-state index contributed by atoms with van der Waals surface area (Å²) in [6.45, 7) is 8.27. The molecule has 0 saturated carbocycles. The summed E-state index contributed by atoms with van der Waals surface area (Å²) in [5.74, 6) is -0.811. The second-order valence-electron chi connectivity index (χ2n) is 9.76. The fourth-order valence-corrected chi connectivity index (χ4v) is 6.56. The maximum atomic E-state index is 14.0. The van der Waals surface area contributed by atoms with Crippen molar-refractivity contribution in [2.45, 2.75) is 85.2 Å². The minimum atomic E-state index is -5.62. The fourth-order valence-electron chi connectivity index (χ4n) is 4.03. The van der Waals surface area contributed by atoms with Crippen molar-refractivity contribution in [2.24, 2.45) is 0 Å². The average Bonchev–Trinajstić information content (AvgIpc) is 2.95. The Morgan fingerprint density at radius 3 is 1.73 bits per heavy atom. The minimum Gasteiger partial charge on any atom is -0.483 e. The topological polar surface area (TPSA) is 82.1 Å². The number of hydrogen-bond acceptors (Lipinski definition) is 5. The van der Waals surface area contributed by atoms with Crippen molar-refractivity contribution in [3.05, 3.63) is 84.4 Å². The molecule has 41 heavy (non-hydrogen) atoms. The molecule has 3 aromatic carbocycles. The van der Waals surface area contributed by atoms with Crippen LogP contribution in [0.2, 0.25) is 0 Å². The van der Waals surface area contributed by atoms with Gasteiger partial charge in [0, 0.05) is 5.56 Å². The standard InChI is InChI=1S/C31H38F2O6S2/c1-5-7-22-37-30(4,38-23-8-6-2)25-14-18-28(19-15-25)40(27-12-10-9-11-13-27)29-20-16-26(17-21-29)39-24(3)31(32,33)41(34,35)36/h9-21,24H,5-8,22-23H2,1-4H3/p+1. The van der Waals surface area contributed by atoms with E-state index in [2.05, 4.69) is 26.0 Å². The van der Waals surface area contributed by atoms with Crippen LogP contribution in [0.1, 0.15) is 58.9 Å². The van der Waals surface area contributed by atoms with Gasteiger partial charge in [0.05, 0.1) is 24.1 Å². The lowest BCUT2D eigenvalue weighted by atomic mass is 10.1. The highest BCUT2D eigenvalue weighted by Gasteiger charge is 2.51. The first-order valence-corrected chi connectivity index (χ1v) is 16.4. The molecular weight excluding hydrogens is 570 g/mol. The fraction of sp³-hybridized carbons (Fsp3) is 0.419. The molecule has 2 atom stereocenters. The minimum absolute atomic E-state index is 0.0563. The molecule has 0 spiro atoms. The van der Waals surface area contributed by atoms with E-state index in [1.807, 2.05) is 49.4 Å². The summed E-state index contributed by atoms with van der Waals surface area (Å²) in [6, 6.07) is 24.6. The Kier molecular flexibility index (Phi) is 11.8. The molecule has 0 amide bonds. The summed E-state index contributed by atoms with van der Waals surface area (Å²) >= 11 is 0.